The zero-order chi connectivity index (χ0) is 17.2. The highest BCUT2D eigenvalue weighted by atomic mass is 32.2. The molecule has 1 unspecified atom stereocenters. The van der Waals surface area contributed by atoms with E-state index in [1.54, 1.807) is 18.2 Å². The van der Waals surface area contributed by atoms with Gasteiger partial charge in [-0.25, -0.2) is 8.42 Å². The average Bonchev–Trinajstić information content (AvgIpc) is 2.92. The van der Waals surface area contributed by atoms with Crippen LogP contribution in [0.4, 0.5) is 5.69 Å². The van der Waals surface area contributed by atoms with Gasteiger partial charge in [0, 0.05) is 0 Å². The molecule has 126 valence electrons. The summed E-state index contributed by atoms with van der Waals surface area (Å²) in [4.78, 5) is 12.3. The first-order valence-electron chi connectivity index (χ1n) is 7.78. The van der Waals surface area contributed by atoms with Gasteiger partial charge in [0.25, 0.3) is 0 Å². The van der Waals surface area contributed by atoms with Crippen LogP contribution < -0.4 is 10.1 Å². The molecule has 1 heterocycles. The van der Waals surface area contributed by atoms with Crippen molar-refractivity contribution in [2.75, 3.05) is 16.8 Å². The van der Waals surface area contributed by atoms with Gasteiger partial charge in [0.2, 0.25) is 5.91 Å². The SMILES string of the molecule is Cc1ccc(Oc2ccccc2NC(=O)C2CCS(=O)(=O)C2)cc1. The maximum absolute atomic E-state index is 12.3. The summed E-state index contributed by atoms with van der Waals surface area (Å²) in [6.07, 6.45) is 0.370. The van der Waals surface area contributed by atoms with Crippen molar-refractivity contribution in [3.8, 4) is 11.5 Å². The van der Waals surface area contributed by atoms with Crippen LogP contribution in [0.15, 0.2) is 48.5 Å². The van der Waals surface area contributed by atoms with Crippen LogP contribution in [0.2, 0.25) is 0 Å². The van der Waals surface area contributed by atoms with Crippen molar-refractivity contribution in [2.24, 2.45) is 5.92 Å². The summed E-state index contributed by atoms with van der Waals surface area (Å²) in [6, 6.07) is 14.7. The second-order valence-corrected chi connectivity index (χ2v) is 8.23. The zero-order valence-electron chi connectivity index (χ0n) is 13.4. The number of carbonyl (C=O) groups is 1. The van der Waals surface area contributed by atoms with Gasteiger partial charge in [-0.2, -0.15) is 0 Å². The van der Waals surface area contributed by atoms with Crippen molar-refractivity contribution in [2.45, 2.75) is 13.3 Å². The molecule has 1 amide bonds. The van der Waals surface area contributed by atoms with Crippen LogP contribution in [0.3, 0.4) is 0 Å². The van der Waals surface area contributed by atoms with Crippen molar-refractivity contribution >= 4 is 21.4 Å². The Labute approximate surface area is 141 Å². The molecule has 0 aromatic heterocycles. The number of ether oxygens (including phenoxy) is 1. The molecule has 0 aliphatic carbocycles. The predicted octanol–water partition coefficient (Wildman–Crippen LogP) is 3.16. The number of para-hydroxylation sites is 2. The number of sulfone groups is 1. The van der Waals surface area contributed by atoms with Gasteiger partial charge in [-0.05, 0) is 37.6 Å². The minimum atomic E-state index is -3.09. The summed E-state index contributed by atoms with van der Waals surface area (Å²) in [5, 5.41) is 2.79. The fourth-order valence-corrected chi connectivity index (χ4v) is 4.37. The Bertz CT molecular complexity index is 844. The largest absolute Gasteiger partial charge is 0.455 e. The van der Waals surface area contributed by atoms with E-state index in [2.05, 4.69) is 5.32 Å². The van der Waals surface area contributed by atoms with Crippen LogP contribution in [0.5, 0.6) is 11.5 Å². The smallest absolute Gasteiger partial charge is 0.228 e. The molecule has 0 bridgehead atoms. The molecule has 0 saturated carbocycles. The molecule has 3 rings (SSSR count). The maximum Gasteiger partial charge on any atom is 0.228 e. The number of anilines is 1. The highest BCUT2D eigenvalue weighted by Gasteiger charge is 2.33. The van der Waals surface area contributed by atoms with Crippen molar-refractivity contribution in [1.82, 2.24) is 0 Å². The van der Waals surface area contributed by atoms with Crippen molar-refractivity contribution < 1.29 is 17.9 Å². The first kappa shape index (κ1) is 16.5. The highest BCUT2D eigenvalue weighted by molar-refractivity contribution is 7.91. The van der Waals surface area contributed by atoms with Crippen LogP contribution >= 0.6 is 0 Å². The number of rotatable bonds is 4. The molecule has 1 fully saturated rings. The van der Waals surface area contributed by atoms with Crippen LogP contribution in [0.25, 0.3) is 0 Å². The third kappa shape index (κ3) is 3.94. The van der Waals surface area contributed by atoms with E-state index in [0.29, 0.717) is 23.6 Å². The molecule has 2 aromatic rings. The molecule has 5 nitrogen and oxygen atoms in total. The summed E-state index contributed by atoms with van der Waals surface area (Å²) in [7, 11) is -3.09. The topological polar surface area (TPSA) is 72.5 Å². The second-order valence-electron chi connectivity index (χ2n) is 6.00. The van der Waals surface area contributed by atoms with E-state index in [-0.39, 0.29) is 17.4 Å². The number of hydrogen-bond acceptors (Lipinski definition) is 4. The number of benzene rings is 2. The third-order valence-corrected chi connectivity index (χ3v) is 5.76. The minimum Gasteiger partial charge on any atom is -0.455 e. The number of hydrogen-bond donors (Lipinski definition) is 1. The summed E-state index contributed by atoms with van der Waals surface area (Å²) in [5.74, 6) is 0.409. The van der Waals surface area contributed by atoms with Gasteiger partial charge in [0.05, 0.1) is 23.1 Å². The van der Waals surface area contributed by atoms with Crippen molar-refractivity contribution in [1.29, 1.82) is 0 Å². The van der Waals surface area contributed by atoms with E-state index < -0.39 is 15.8 Å². The summed E-state index contributed by atoms with van der Waals surface area (Å²) in [5.41, 5.74) is 1.67. The van der Waals surface area contributed by atoms with Gasteiger partial charge >= 0.3 is 0 Å². The fraction of sp³-hybridized carbons (Fsp3) is 0.278. The Morgan fingerprint density at radius 2 is 1.83 bits per heavy atom. The Balaban J connectivity index is 1.74. The Morgan fingerprint density at radius 1 is 1.12 bits per heavy atom. The number of amides is 1. The lowest BCUT2D eigenvalue weighted by molar-refractivity contribution is -0.119. The normalized spacial score (nSPS) is 19.0. The molecule has 1 aliphatic rings. The molecule has 6 heteroatoms. The van der Waals surface area contributed by atoms with E-state index in [0.717, 1.165) is 5.56 Å². The Morgan fingerprint density at radius 3 is 2.50 bits per heavy atom. The third-order valence-electron chi connectivity index (χ3n) is 4.00. The quantitative estimate of drug-likeness (QED) is 0.924. The van der Waals surface area contributed by atoms with Crippen molar-refractivity contribution in [3.63, 3.8) is 0 Å². The van der Waals surface area contributed by atoms with Crippen LogP contribution in [0, 0.1) is 12.8 Å². The Hall–Kier alpha value is -2.34. The van der Waals surface area contributed by atoms with E-state index in [9.17, 15) is 13.2 Å². The van der Waals surface area contributed by atoms with Crippen LogP contribution in [0.1, 0.15) is 12.0 Å². The first-order chi connectivity index (χ1) is 11.4. The van der Waals surface area contributed by atoms with Gasteiger partial charge in [0.1, 0.15) is 5.75 Å². The first-order valence-corrected chi connectivity index (χ1v) is 9.60. The summed E-state index contributed by atoms with van der Waals surface area (Å²) in [6.45, 7) is 1.99. The summed E-state index contributed by atoms with van der Waals surface area (Å²) >= 11 is 0. The van der Waals surface area contributed by atoms with E-state index >= 15 is 0 Å². The zero-order valence-corrected chi connectivity index (χ0v) is 14.2. The van der Waals surface area contributed by atoms with Crippen molar-refractivity contribution in [3.05, 3.63) is 54.1 Å². The van der Waals surface area contributed by atoms with Gasteiger partial charge in [-0.3, -0.25) is 4.79 Å². The van der Waals surface area contributed by atoms with Gasteiger partial charge in [-0.15, -0.1) is 0 Å². The fourth-order valence-electron chi connectivity index (χ4n) is 2.63. The molecule has 1 aliphatic heterocycles. The van der Waals surface area contributed by atoms with Gasteiger partial charge in [0.15, 0.2) is 15.6 Å². The monoisotopic (exact) mass is 345 g/mol. The molecule has 2 aromatic carbocycles. The lowest BCUT2D eigenvalue weighted by atomic mass is 10.1. The van der Waals surface area contributed by atoms with Gasteiger partial charge < -0.3 is 10.1 Å². The van der Waals surface area contributed by atoms with E-state index in [4.69, 9.17) is 4.74 Å². The molecule has 24 heavy (non-hydrogen) atoms. The number of aryl methyl sites for hydroxylation is 1. The standard InChI is InChI=1S/C18H19NO4S/c1-13-6-8-15(9-7-13)23-17-5-3-2-4-16(17)19-18(20)14-10-11-24(21,22)12-14/h2-9,14H,10-12H2,1H3,(H,19,20). The highest BCUT2D eigenvalue weighted by Crippen LogP contribution is 2.30. The number of nitrogens with one attached hydrogen (secondary N) is 1. The maximum atomic E-state index is 12.3. The molecular weight excluding hydrogens is 326 g/mol. The molecular formula is C18H19NO4S. The molecule has 0 radical (unpaired) electrons. The average molecular weight is 345 g/mol. The molecule has 0 spiro atoms. The minimum absolute atomic E-state index is 0.0760. The number of carbonyl (C=O) groups excluding carboxylic acids is 1. The predicted molar refractivity (Wildman–Crippen MR) is 93.1 cm³/mol. The Kier molecular flexibility index (Phi) is 4.57. The van der Waals surface area contributed by atoms with Gasteiger partial charge in [-0.1, -0.05) is 29.8 Å². The van der Waals surface area contributed by atoms with E-state index in [1.165, 1.54) is 0 Å². The molecule has 1 saturated heterocycles. The lowest BCUT2D eigenvalue weighted by Crippen LogP contribution is -2.23. The molecule has 1 N–H and O–H groups in total. The lowest BCUT2D eigenvalue weighted by Gasteiger charge is -2.14. The second kappa shape index (κ2) is 6.65. The summed E-state index contributed by atoms with van der Waals surface area (Å²) < 4.78 is 28.9. The molecule has 1 atom stereocenters. The van der Waals surface area contributed by atoms with E-state index in [1.807, 2.05) is 37.3 Å². The van der Waals surface area contributed by atoms with Crippen LogP contribution in [-0.4, -0.2) is 25.8 Å². The van der Waals surface area contributed by atoms with Crippen LogP contribution in [-0.2, 0) is 14.6 Å².